The van der Waals surface area contributed by atoms with E-state index in [9.17, 15) is 15.0 Å². The van der Waals surface area contributed by atoms with Gasteiger partial charge in [0, 0.05) is 31.6 Å². The molecule has 1 aromatic heterocycles. The second-order valence-electron chi connectivity index (χ2n) is 7.61. The normalized spacial score (nSPS) is 19.1. The van der Waals surface area contributed by atoms with Gasteiger partial charge in [0.25, 0.3) is 5.56 Å². The Morgan fingerprint density at radius 3 is 2.97 bits per heavy atom. The minimum atomic E-state index is -0.316. The third-order valence-corrected chi connectivity index (χ3v) is 5.81. The van der Waals surface area contributed by atoms with Gasteiger partial charge >= 0.3 is 0 Å². The number of aliphatic hydroxyl groups is 1. The van der Waals surface area contributed by atoms with Gasteiger partial charge < -0.3 is 25.2 Å². The van der Waals surface area contributed by atoms with Gasteiger partial charge in [-0.3, -0.25) is 9.36 Å². The fourth-order valence-corrected chi connectivity index (χ4v) is 4.17. The number of fused-ring (bicyclic) bond motifs is 1. The number of likely N-dealkylation sites (tertiary alicyclic amines) is 1. The lowest BCUT2D eigenvalue weighted by Crippen LogP contribution is -2.43. The van der Waals surface area contributed by atoms with Gasteiger partial charge in [-0.05, 0) is 37.6 Å². The molecule has 2 aliphatic rings. The Morgan fingerprint density at radius 2 is 2.21 bits per heavy atom. The van der Waals surface area contributed by atoms with E-state index in [0.717, 1.165) is 32.5 Å². The van der Waals surface area contributed by atoms with Crippen molar-refractivity contribution in [2.24, 2.45) is 7.05 Å². The van der Waals surface area contributed by atoms with Crippen LogP contribution in [-0.4, -0.2) is 62.2 Å². The van der Waals surface area contributed by atoms with E-state index in [2.05, 4.69) is 27.3 Å². The molecule has 1 saturated heterocycles. The second kappa shape index (κ2) is 8.00. The van der Waals surface area contributed by atoms with Gasteiger partial charge in [0.2, 0.25) is 5.82 Å². The quantitative estimate of drug-likeness (QED) is 0.677. The van der Waals surface area contributed by atoms with Gasteiger partial charge in [-0.2, -0.15) is 0 Å². The summed E-state index contributed by atoms with van der Waals surface area (Å²) in [6.07, 6.45) is 2.61. The molecule has 156 valence electrons. The fourth-order valence-electron chi connectivity index (χ4n) is 4.17. The molecule has 1 atom stereocenters. The van der Waals surface area contributed by atoms with Crippen LogP contribution in [-0.2, 0) is 20.1 Å². The van der Waals surface area contributed by atoms with Gasteiger partial charge in [-0.25, -0.2) is 0 Å². The summed E-state index contributed by atoms with van der Waals surface area (Å²) in [6.45, 7) is 5.20. The molecule has 9 nitrogen and oxygen atoms in total. The maximum absolute atomic E-state index is 12.9. The van der Waals surface area contributed by atoms with Crippen molar-refractivity contribution < 1.29 is 14.9 Å². The van der Waals surface area contributed by atoms with Crippen molar-refractivity contribution in [1.82, 2.24) is 19.7 Å². The highest BCUT2D eigenvalue weighted by Crippen LogP contribution is 2.42. The summed E-state index contributed by atoms with van der Waals surface area (Å²) >= 11 is 0. The van der Waals surface area contributed by atoms with Gasteiger partial charge in [0.05, 0.1) is 18.8 Å². The SMILES string of the molecule is CCN1CCC[C@@H](Nc2nnc(-c3c(CO)cc4c(c3O)CCO4)n(C)c2=O)C1. The van der Waals surface area contributed by atoms with Gasteiger partial charge in [0.1, 0.15) is 11.5 Å². The maximum atomic E-state index is 12.9. The third kappa shape index (κ3) is 3.56. The minimum absolute atomic E-state index is 0.0140. The lowest BCUT2D eigenvalue weighted by molar-refractivity contribution is 0.226. The molecule has 4 rings (SSSR count). The highest BCUT2D eigenvalue weighted by Gasteiger charge is 2.26. The average molecular weight is 401 g/mol. The van der Waals surface area contributed by atoms with Crippen LogP contribution in [0, 0.1) is 0 Å². The molecule has 3 heterocycles. The number of aliphatic hydroxyl groups excluding tert-OH is 1. The molecule has 1 aromatic carbocycles. The number of aromatic nitrogens is 3. The number of piperidine rings is 1. The molecule has 0 amide bonds. The number of likely N-dealkylation sites (N-methyl/N-ethyl adjacent to an activating group) is 1. The maximum Gasteiger partial charge on any atom is 0.296 e. The number of nitrogens with zero attached hydrogens (tertiary/aromatic N) is 4. The molecule has 1 fully saturated rings. The van der Waals surface area contributed by atoms with E-state index < -0.39 is 0 Å². The number of phenols is 1. The summed E-state index contributed by atoms with van der Waals surface area (Å²) in [7, 11) is 1.60. The number of rotatable bonds is 5. The number of aromatic hydroxyl groups is 1. The Kier molecular flexibility index (Phi) is 5.42. The van der Waals surface area contributed by atoms with Crippen molar-refractivity contribution >= 4 is 5.82 Å². The Balaban J connectivity index is 1.69. The first-order chi connectivity index (χ1) is 14.0. The largest absolute Gasteiger partial charge is 0.507 e. The van der Waals surface area contributed by atoms with E-state index in [1.807, 2.05) is 0 Å². The molecule has 2 aromatic rings. The van der Waals surface area contributed by atoms with Crippen molar-refractivity contribution in [3.8, 4) is 22.9 Å². The summed E-state index contributed by atoms with van der Waals surface area (Å²) in [6, 6.07) is 1.84. The summed E-state index contributed by atoms with van der Waals surface area (Å²) < 4.78 is 6.87. The van der Waals surface area contributed by atoms with Crippen molar-refractivity contribution in [3.05, 3.63) is 27.5 Å². The average Bonchev–Trinajstić information content (AvgIpc) is 3.21. The smallest absolute Gasteiger partial charge is 0.296 e. The predicted octanol–water partition coefficient (Wildman–Crippen LogP) is 0.871. The number of phenolic OH excluding ortho intramolecular Hbond substituents is 1. The molecule has 0 bridgehead atoms. The van der Waals surface area contributed by atoms with Crippen molar-refractivity contribution in [1.29, 1.82) is 0 Å². The summed E-state index contributed by atoms with van der Waals surface area (Å²) in [5.41, 5.74) is 1.11. The molecule has 0 aliphatic carbocycles. The van der Waals surface area contributed by atoms with E-state index in [1.165, 1.54) is 4.57 Å². The molecule has 0 radical (unpaired) electrons. The fraction of sp³-hybridized carbons (Fsp3) is 0.550. The minimum Gasteiger partial charge on any atom is -0.507 e. The van der Waals surface area contributed by atoms with Gasteiger partial charge in [0.15, 0.2) is 5.82 Å². The molecule has 0 saturated carbocycles. The number of nitrogens with one attached hydrogen (secondary N) is 1. The number of benzene rings is 1. The number of anilines is 1. The zero-order chi connectivity index (χ0) is 20.5. The Bertz CT molecular complexity index is 974. The topological polar surface area (TPSA) is 113 Å². The monoisotopic (exact) mass is 401 g/mol. The first-order valence-electron chi connectivity index (χ1n) is 10.1. The van der Waals surface area contributed by atoms with Crippen LogP contribution >= 0.6 is 0 Å². The van der Waals surface area contributed by atoms with Crippen molar-refractivity contribution in [2.75, 3.05) is 31.6 Å². The van der Waals surface area contributed by atoms with Crippen LogP contribution < -0.4 is 15.6 Å². The summed E-state index contributed by atoms with van der Waals surface area (Å²) in [5.74, 6) is 0.966. The van der Waals surface area contributed by atoms with E-state index in [4.69, 9.17) is 4.74 Å². The van der Waals surface area contributed by atoms with Gasteiger partial charge in [-0.15, -0.1) is 10.2 Å². The molecule has 0 spiro atoms. The van der Waals surface area contributed by atoms with Crippen LogP contribution in [0.4, 0.5) is 5.82 Å². The Labute approximate surface area is 169 Å². The zero-order valence-electron chi connectivity index (χ0n) is 16.8. The van der Waals surface area contributed by atoms with Crippen LogP contribution in [0.5, 0.6) is 11.5 Å². The van der Waals surface area contributed by atoms with Crippen LogP contribution in [0.1, 0.15) is 30.9 Å². The molecular weight excluding hydrogens is 374 g/mol. The molecule has 3 N–H and O–H groups in total. The van der Waals surface area contributed by atoms with Crippen LogP contribution in [0.3, 0.4) is 0 Å². The van der Waals surface area contributed by atoms with Gasteiger partial charge in [-0.1, -0.05) is 6.92 Å². The molecule has 2 aliphatic heterocycles. The number of ether oxygens (including phenoxy) is 1. The predicted molar refractivity (Wildman–Crippen MR) is 108 cm³/mol. The number of hydrogen-bond donors (Lipinski definition) is 3. The van der Waals surface area contributed by atoms with Crippen LogP contribution in [0.15, 0.2) is 10.9 Å². The highest BCUT2D eigenvalue weighted by molar-refractivity contribution is 5.73. The molecule has 9 heteroatoms. The Hall–Kier alpha value is -2.65. The molecular formula is C20H27N5O4. The summed E-state index contributed by atoms with van der Waals surface area (Å²) in [4.78, 5) is 15.3. The van der Waals surface area contributed by atoms with Crippen molar-refractivity contribution in [2.45, 2.75) is 38.8 Å². The van der Waals surface area contributed by atoms with E-state index in [1.54, 1.807) is 13.1 Å². The highest BCUT2D eigenvalue weighted by atomic mass is 16.5. The Morgan fingerprint density at radius 1 is 1.38 bits per heavy atom. The molecule has 0 unspecified atom stereocenters. The van der Waals surface area contributed by atoms with Crippen LogP contribution in [0.25, 0.3) is 11.4 Å². The molecule has 29 heavy (non-hydrogen) atoms. The summed E-state index contributed by atoms with van der Waals surface area (Å²) in [5, 5.41) is 32.2. The lowest BCUT2D eigenvalue weighted by Gasteiger charge is -2.32. The van der Waals surface area contributed by atoms with Crippen LogP contribution in [0.2, 0.25) is 0 Å². The van der Waals surface area contributed by atoms with E-state index in [0.29, 0.717) is 35.5 Å². The lowest BCUT2D eigenvalue weighted by atomic mass is 10.00. The third-order valence-electron chi connectivity index (χ3n) is 5.81. The van der Waals surface area contributed by atoms with Crippen molar-refractivity contribution in [3.63, 3.8) is 0 Å². The second-order valence-corrected chi connectivity index (χ2v) is 7.61. The first kappa shape index (κ1) is 19.7. The zero-order valence-corrected chi connectivity index (χ0v) is 16.8. The number of hydrogen-bond acceptors (Lipinski definition) is 8. The standard InChI is InChI=1S/C20H27N5O4/c1-3-25-7-4-5-13(10-25)21-18-20(28)24(2)19(23-22-18)16-12(11-26)9-15-14(17(16)27)6-8-29-15/h9,13,26-27H,3-8,10-11H2,1-2H3,(H,21,22)/t13-/m1/s1. The van der Waals surface area contributed by atoms with E-state index >= 15 is 0 Å². The first-order valence-corrected chi connectivity index (χ1v) is 10.1. The van der Waals surface area contributed by atoms with E-state index in [-0.39, 0.29) is 35.6 Å².